The number of benzene rings is 1. The summed E-state index contributed by atoms with van der Waals surface area (Å²) in [6.07, 6.45) is 1.74. The van der Waals surface area contributed by atoms with E-state index in [2.05, 4.69) is 20.8 Å². The number of hydrogen-bond donors (Lipinski definition) is 3. The number of carbonyl (C=O) groups is 1. The molecule has 0 aliphatic carbocycles. The molecule has 2 rings (SSSR count). The topological polar surface area (TPSA) is 69.8 Å². The van der Waals surface area contributed by atoms with Crippen LogP contribution >= 0.6 is 0 Å². The lowest BCUT2D eigenvalue weighted by Gasteiger charge is -2.05. The van der Waals surface area contributed by atoms with Gasteiger partial charge in [0.2, 0.25) is 0 Å². The van der Waals surface area contributed by atoms with Crippen LogP contribution in [0.15, 0.2) is 24.4 Å². The van der Waals surface area contributed by atoms with Crippen LogP contribution in [-0.2, 0) is 0 Å². The molecule has 0 aliphatic rings. The Labute approximate surface area is 99.6 Å². The van der Waals surface area contributed by atoms with E-state index in [0.29, 0.717) is 12.1 Å². The number of aromatic amines is 1. The minimum Gasteiger partial charge on any atom is -0.351 e. The number of amides is 1. The Morgan fingerprint density at radius 2 is 2.29 bits per heavy atom. The molecule has 1 amide bonds. The van der Waals surface area contributed by atoms with E-state index < -0.39 is 0 Å². The number of carbonyl (C=O) groups excluding carboxylic acids is 1. The molecular formula is C12H16N4O. The summed E-state index contributed by atoms with van der Waals surface area (Å²) in [5, 5.41) is 13.8. The summed E-state index contributed by atoms with van der Waals surface area (Å²) >= 11 is 0. The van der Waals surface area contributed by atoms with Crippen molar-refractivity contribution in [2.24, 2.45) is 0 Å². The Bertz CT molecular complexity index is 506. The second kappa shape index (κ2) is 5.45. The third-order valence-electron chi connectivity index (χ3n) is 2.54. The van der Waals surface area contributed by atoms with E-state index in [4.69, 9.17) is 0 Å². The lowest BCUT2D eigenvalue weighted by molar-refractivity contribution is 0.0954. The summed E-state index contributed by atoms with van der Waals surface area (Å²) in [6.45, 7) is 4.37. The standard InChI is InChI=1S/C12H16N4O/c1-2-13-5-6-14-12(17)9-3-4-10-8-15-16-11(10)7-9/h3-4,7-8,13H,2,5-6H2,1H3,(H,14,17)(H,15,16). The lowest BCUT2D eigenvalue weighted by atomic mass is 10.1. The van der Waals surface area contributed by atoms with Crippen LogP contribution in [0.5, 0.6) is 0 Å². The summed E-state index contributed by atoms with van der Waals surface area (Å²) in [5.41, 5.74) is 1.53. The first kappa shape index (κ1) is 11.6. The number of nitrogens with zero attached hydrogens (tertiary/aromatic N) is 1. The smallest absolute Gasteiger partial charge is 0.251 e. The second-order valence-electron chi connectivity index (χ2n) is 3.78. The number of likely N-dealkylation sites (N-methyl/N-ethyl adjacent to an activating group) is 1. The zero-order valence-corrected chi connectivity index (χ0v) is 9.79. The third kappa shape index (κ3) is 2.82. The van der Waals surface area contributed by atoms with Gasteiger partial charge in [-0.25, -0.2) is 0 Å². The second-order valence-corrected chi connectivity index (χ2v) is 3.78. The normalized spacial score (nSPS) is 10.6. The minimum atomic E-state index is -0.0561. The van der Waals surface area contributed by atoms with Gasteiger partial charge in [0.15, 0.2) is 0 Å². The van der Waals surface area contributed by atoms with Crippen molar-refractivity contribution in [3.05, 3.63) is 30.0 Å². The molecule has 5 nitrogen and oxygen atoms in total. The quantitative estimate of drug-likeness (QED) is 0.671. The van der Waals surface area contributed by atoms with Crippen LogP contribution in [0.2, 0.25) is 0 Å². The van der Waals surface area contributed by atoms with E-state index in [1.165, 1.54) is 0 Å². The fraction of sp³-hybridized carbons (Fsp3) is 0.333. The summed E-state index contributed by atoms with van der Waals surface area (Å²) in [5.74, 6) is -0.0561. The molecule has 0 bridgehead atoms. The van der Waals surface area contributed by atoms with E-state index in [1.807, 2.05) is 19.1 Å². The van der Waals surface area contributed by atoms with E-state index in [1.54, 1.807) is 12.3 Å². The molecule has 0 fully saturated rings. The Morgan fingerprint density at radius 1 is 1.41 bits per heavy atom. The van der Waals surface area contributed by atoms with Gasteiger partial charge in [0.1, 0.15) is 0 Å². The molecule has 0 unspecified atom stereocenters. The highest BCUT2D eigenvalue weighted by Gasteiger charge is 2.05. The summed E-state index contributed by atoms with van der Waals surface area (Å²) in [4.78, 5) is 11.8. The van der Waals surface area contributed by atoms with Crippen molar-refractivity contribution >= 4 is 16.8 Å². The van der Waals surface area contributed by atoms with E-state index in [-0.39, 0.29) is 5.91 Å². The Kier molecular flexibility index (Phi) is 3.72. The zero-order chi connectivity index (χ0) is 12.1. The number of nitrogens with one attached hydrogen (secondary N) is 3. The van der Waals surface area contributed by atoms with Gasteiger partial charge in [-0.3, -0.25) is 9.89 Å². The molecule has 90 valence electrons. The van der Waals surface area contributed by atoms with Crippen LogP contribution in [0.1, 0.15) is 17.3 Å². The zero-order valence-electron chi connectivity index (χ0n) is 9.79. The predicted molar refractivity (Wildman–Crippen MR) is 67.0 cm³/mol. The van der Waals surface area contributed by atoms with Crippen molar-refractivity contribution < 1.29 is 4.79 Å². The molecule has 1 aromatic carbocycles. The van der Waals surface area contributed by atoms with Gasteiger partial charge in [0, 0.05) is 24.0 Å². The molecule has 0 spiro atoms. The number of fused-ring (bicyclic) bond motifs is 1. The van der Waals surface area contributed by atoms with Crippen LogP contribution < -0.4 is 10.6 Å². The van der Waals surface area contributed by atoms with Crippen molar-refractivity contribution in [1.82, 2.24) is 20.8 Å². The van der Waals surface area contributed by atoms with Crippen LogP contribution in [0, 0.1) is 0 Å². The van der Waals surface area contributed by atoms with Gasteiger partial charge in [-0.1, -0.05) is 13.0 Å². The molecule has 17 heavy (non-hydrogen) atoms. The average molecular weight is 232 g/mol. The molecule has 3 N–H and O–H groups in total. The van der Waals surface area contributed by atoms with Gasteiger partial charge in [-0.15, -0.1) is 0 Å². The number of H-pyrrole nitrogens is 1. The maximum atomic E-state index is 11.8. The van der Waals surface area contributed by atoms with Crippen LogP contribution in [-0.4, -0.2) is 35.7 Å². The lowest BCUT2D eigenvalue weighted by Crippen LogP contribution is -2.31. The third-order valence-corrected chi connectivity index (χ3v) is 2.54. The van der Waals surface area contributed by atoms with Gasteiger partial charge >= 0.3 is 0 Å². The molecule has 1 heterocycles. The van der Waals surface area contributed by atoms with Crippen molar-refractivity contribution in [2.75, 3.05) is 19.6 Å². The summed E-state index contributed by atoms with van der Waals surface area (Å²) in [7, 11) is 0. The monoisotopic (exact) mass is 232 g/mol. The van der Waals surface area contributed by atoms with Crippen LogP contribution in [0.25, 0.3) is 10.9 Å². The maximum absolute atomic E-state index is 11.8. The number of rotatable bonds is 5. The largest absolute Gasteiger partial charge is 0.351 e. The molecule has 0 saturated heterocycles. The molecule has 0 radical (unpaired) electrons. The highest BCUT2D eigenvalue weighted by atomic mass is 16.1. The fourth-order valence-corrected chi connectivity index (χ4v) is 1.62. The van der Waals surface area contributed by atoms with Crippen LogP contribution in [0.4, 0.5) is 0 Å². The van der Waals surface area contributed by atoms with E-state index in [0.717, 1.165) is 24.0 Å². The molecule has 5 heteroatoms. The fourth-order valence-electron chi connectivity index (χ4n) is 1.62. The molecule has 1 aromatic heterocycles. The average Bonchev–Trinajstić information content (AvgIpc) is 2.81. The maximum Gasteiger partial charge on any atom is 0.251 e. The van der Waals surface area contributed by atoms with Crippen molar-refractivity contribution in [3.63, 3.8) is 0 Å². The Hall–Kier alpha value is -1.88. The van der Waals surface area contributed by atoms with Gasteiger partial charge < -0.3 is 10.6 Å². The molecule has 0 atom stereocenters. The summed E-state index contributed by atoms with van der Waals surface area (Å²) < 4.78 is 0. The van der Waals surface area contributed by atoms with Gasteiger partial charge in [-0.2, -0.15) is 5.10 Å². The SMILES string of the molecule is CCNCCNC(=O)c1ccc2cn[nH]c2c1. The number of hydrogen-bond acceptors (Lipinski definition) is 3. The first-order chi connectivity index (χ1) is 8.31. The van der Waals surface area contributed by atoms with Gasteiger partial charge in [0.05, 0.1) is 11.7 Å². The Morgan fingerprint density at radius 3 is 3.12 bits per heavy atom. The highest BCUT2D eigenvalue weighted by Crippen LogP contribution is 2.12. The van der Waals surface area contributed by atoms with Crippen LogP contribution in [0.3, 0.4) is 0 Å². The van der Waals surface area contributed by atoms with E-state index >= 15 is 0 Å². The van der Waals surface area contributed by atoms with Crippen molar-refractivity contribution in [1.29, 1.82) is 0 Å². The summed E-state index contributed by atoms with van der Waals surface area (Å²) in [6, 6.07) is 5.50. The first-order valence-corrected chi connectivity index (χ1v) is 5.73. The minimum absolute atomic E-state index is 0.0561. The highest BCUT2D eigenvalue weighted by molar-refractivity contribution is 5.97. The molecule has 0 aliphatic heterocycles. The van der Waals surface area contributed by atoms with Gasteiger partial charge in [-0.05, 0) is 18.7 Å². The van der Waals surface area contributed by atoms with Crippen molar-refractivity contribution in [2.45, 2.75) is 6.92 Å². The Balaban J connectivity index is 1.98. The van der Waals surface area contributed by atoms with Gasteiger partial charge in [0.25, 0.3) is 5.91 Å². The molecule has 0 saturated carbocycles. The molecule has 2 aromatic rings. The number of aromatic nitrogens is 2. The van der Waals surface area contributed by atoms with Crippen molar-refractivity contribution in [3.8, 4) is 0 Å². The first-order valence-electron chi connectivity index (χ1n) is 5.73. The molecular weight excluding hydrogens is 216 g/mol. The van der Waals surface area contributed by atoms with E-state index in [9.17, 15) is 4.79 Å². The predicted octanol–water partition coefficient (Wildman–Crippen LogP) is 0.902.